The minimum Gasteiger partial charge on any atom is -0.461 e. The van der Waals surface area contributed by atoms with E-state index < -0.39 is 0 Å². The van der Waals surface area contributed by atoms with Crippen molar-refractivity contribution in [2.45, 2.75) is 26.8 Å². The Kier molecular flexibility index (Phi) is 4.71. The fourth-order valence-corrected chi connectivity index (χ4v) is 1.60. The van der Waals surface area contributed by atoms with Gasteiger partial charge in [-0.1, -0.05) is 13.8 Å². The van der Waals surface area contributed by atoms with Crippen molar-refractivity contribution in [3.05, 3.63) is 16.1 Å². The maximum Gasteiger partial charge on any atom is 0.357 e. The van der Waals surface area contributed by atoms with E-state index in [9.17, 15) is 4.79 Å². The summed E-state index contributed by atoms with van der Waals surface area (Å²) < 4.78 is 5.06. The second kappa shape index (κ2) is 5.82. The van der Waals surface area contributed by atoms with Crippen LogP contribution in [0.5, 0.6) is 0 Å². The molecular formula is C10H16N2O2S. The van der Waals surface area contributed by atoms with Gasteiger partial charge in [-0.15, -0.1) is 11.3 Å². The Morgan fingerprint density at radius 3 is 2.93 bits per heavy atom. The van der Waals surface area contributed by atoms with Gasteiger partial charge >= 0.3 is 5.97 Å². The Morgan fingerprint density at radius 2 is 2.40 bits per heavy atom. The van der Waals surface area contributed by atoms with Crippen LogP contribution in [0.4, 0.5) is 0 Å². The molecule has 0 spiro atoms. The van der Waals surface area contributed by atoms with Crippen molar-refractivity contribution in [2.24, 2.45) is 11.7 Å². The number of hydrogen-bond acceptors (Lipinski definition) is 5. The van der Waals surface area contributed by atoms with E-state index in [0.717, 1.165) is 11.4 Å². The fourth-order valence-electron chi connectivity index (χ4n) is 0.960. The summed E-state index contributed by atoms with van der Waals surface area (Å²) in [6, 6.07) is 0. The van der Waals surface area contributed by atoms with Crippen LogP contribution in [-0.2, 0) is 11.3 Å². The van der Waals surface area contributed by atoms with Crippen LogP contribution in [0.3, 0.4) is 0 Å². The zero-order chi connectivity index (χ0) is 11.3. The summed E-state index contributed by atoms with van der Waals surface area (Å²) >= 11 is 1.38. The molecule has 1 aromatic rings. The third-order valence-electron chi connectivity index (χ3n) is 1.86. The maximum absolute atomic E-state index is 11.4. The lowest BCUT2D eigenvalue weighted by Crippen LogP contribution is -2.09. The minimum absolute atomic E-state index is 0.355. The first-order valence-electron chi connectivity index (χ1n) is 4.95. The predicted molar refractivity (Wildman–Crippen MR) is 59.7 cm³/mol. The molecule has 1 rings (SSSR count). The lowest BCUT2D eigenvalue weighted by atomic mass is 10.1. The molecule has 0 atom stereocenters. The zero-order valence-electron chi connectivity index (χ0n) is 9.03. The van der Waals surface area contributed by atoms with E-state index in [0.29, 0.717) is 24.8 Å². The second-order valence-corrected chi connectivity index (χ2v) is 4.59. The van der Waals surface area contributed by atoms with E-state index >= 15 is 0 Å². The predicted octanol–water partition coefficient (Wildman–Crippen LogP) is 1.80. The minimum atomic E-state index is -0.355. The summed E-state index contributed by atoms with van der Waals surface area (Å²) in [5.41, 5.74) is 5.76. The van der Waals surface area contributed by atoms with Gasteiger partial charge in [-0.25, -0.2) is 9.78 Å². The number of ether oxygens (including phenoxy) is 1. The number of hydrogen-bond donors (Lipinski definition) is 1. The number of nitrogens with zero attached hydrogens (tertiary/aromatic N) is 1. The Hall–Kier alpha value is -0.940. The average Bonchev–Trinajstić information content (AvgIpc) is 2.65. The van der Waals surface area contributed by atoms with Crippen molar-refractivity contribution in [1.82, 2.24) is 4.98 Å². The summed E-state index contributed by atoms with van der Waals surface area (Å²) in [6.07, 6.45) is 0.875. The fraction of sp³-hybridized carbons (Fsp3) is 0.600. The molecule has 5 heteroatoms. The van der Waals surface area contributed by atoms with Gasteiger partial charge in [-0.3, -0.25) is 0 Å². The summed E-state index contributed by atoms with van der Waals surface area (Å²) in [5, 5.41) is 2.44. The van der Waals surface area contributed by atoms with Gasteiger partial charge in [0, 0.05) is 11.9 Å². The third kappa shape index (κ3) is 3.97. The van der Waals surface area contributed by atoms with Crippen molar-refractivity contribution in [3.8, 4) is 0 Å². The molecule has 0 aliphatic carbocycles. The largest absolute Gasteiger partial charge is 0.461 e. The van der Waals surface area contributed by atoms with Crippen molar-refractivity contribution in [1.29, 1.82) is 0 Å². The van der Waals surface area contributed by atoms with Crippen molar-refractivity contribution in [3.63, 3.8) is 0 Å². The molecule has 0 bridgehead atoms. The Balaban J connectivity index is 2.40. The van der Waals surface area contributed by atoms with Gasteiger partial charge < -0.3 is 10.5 Å². The van der Waals surface area contributed by atoms with Crippen LogP contribution < -0.4 is 5.73 Å². The lowest BCUT2D eigenvalue weighted by molar-refractivity contribution is 0.0482. The van der Waals surface area contributed by atoms with Crippen LogP contribution in [-0.4, -0.2) is 17.6 Å². The molecule has 0 saturated carbocycles. The molecular weight excluding hydrogens is 212 g/mol. The van der Waals surface area contributed by atoms with Crippen LogP contribution in [0.15, 0.2) is 5.38 Å². The summed E-state index contributed by atoms with van der Waals surface area (Å²) in [4.78, 5) is 15.5. The number of thiazole rings is 1. The van der Waals surface area contributed by atoms with E-state index in [1.807, 2.05) is 0 Å². The molecule has 0 radical (unpaired) electrons. The van der Waals surface area contributed by atoms with Crippen LogP contribution in [0.2, 0.25) is 0 Å². The zero-order valence-corrected chi connectivity index (χ0v) is 9.84. The van der Waals surface area contributed by atoms with E-state index in [4.69, 9.17) is 10.5 Å². The Labute approximate surface area is 93.5 Å². The number of nitrogens with two attached hydrogens (primary N) is 1. The molecule has 0 aliphatic rings. The van der Waals surface area contributed by atoms with Gasteiger partial charge in [0.05, 0.1) is 6.61 Å². The van der Waals surface area contributed by atoms with Crippen molar-refractivity contribution < 1.29 is 9.53 Å². The van der Waals surface area contributed by atoms with E-state index in [1.165, 1.54) is 11.3 Å². The number of aromatic nitrogens is 1. The number of esters is 1. The molecule has 84 valence electrons. The summed E-state index contributed by atoms with van der Waals surface area (Å²) in [5.74, 6) is 0.180. The van der Waals surface area contributed by atoms with E-state index in [1.54, 1.807) is 5.38 Å². The van der Waals surface area contributed by atoms with Gasteiger partial charge in [0.25, 0.3) is 0 Å². The molecule has 0 aliphatic heterocycles. The van der Waals surface area contributed by atoms with Crippen molar-refractivity contribution in [2.75, 3.05) is 6.61 Å². The molecule has 15 heavy (non-hydrogen) atoms. The van der Waals surface area contributed by atoms with Crippen LogP contribution in [0, 0.1) is 5.92 Å². The maximum atomic E-state index is 11.4. The third-order valence-corrected chi connectivity index (χ3v) is 2.74. The number of carbonyl (C=O) groups excluding carboxylic acids is 1. The highest BCUT2D eigenvalue weighted by Gasteiger charge is 2.11. The first kappa shape index (κ1) is 12.1. The molecule has 0 amide bonds. The molecule has 4 nitrogen and oxygen atoms in total. The van der Waals surface area contributed by atoms with Crippen LogP contribution in [0.25, 0.3) is 0 Å². The van der Waals surface area contributed by atoms with Crippen molar-refractivity contribution >= 4 is 17.3 Å². The molecule has 1 aromatic heterocycles. The van der Waals surface area contributed by atoms with E-state index in [2.05, 4.69) is 18.8 Å². The van der Waals surface area contributed by atoms with E-state index in [-0.39, 0.29) is 5.97 Å². The molecule has 0 fully saturated rings. The average molecular weight is 228 g/mol. The van der Waals surface area contributed by atoms with Gasteiger partial charge in [0.15, 0.2) is 5.69 Å². The van der Waals surface area contributed by atoms with Crippen LogP contribution >= 0.6 is 11.3 Å². The lowest BCUT2D eigenvalue weighted by Gasteiger charge is -2.04. The highest BCUT2D eigenvalue weighted by molar-refractivity contribution is 7.09. The number of rotatable bonds is 5. The summed E-state index contributed by atoms with van der Waals surface area (Å²) in [6.45, 7) is 4.99. The highest BCUT2D eigenvalue weighted by Crippen LogP contribution is 2.10. The quantitative estimate of drug-likeness (QED) is 0.780. The van der Waals surface area contributed by atoms with Gasteiger partial charge in [-0.2, -0.15) is 0 Å². The first-order chi connectivity index (χ1) is 7.13. The summed E-state index contributed by atoms with van der Waals surface area (Å²) in [7, 11) is 0. The molecule has 0 aromatic carbocycles. The van der Waals surface area contributed by atoms with Gasteiger partial charge in [-0.05, 0) is 12.3 Å². The van der Waals surface area contributed by atoms with Crippen LogP contribution in [0.1, 0.15) is 35.8 Å². The molecule has 0 saturated heterocycles. The molecule has 1 heterocycles. The van der Waals surface area contributed by atoms with Gasteiger partial charge in [0.2, 0.25) is 0 Å². The normalized spacial score (nSPS) is 10.7. The number of carbonyl (C=O) groups is 1. The smallest absolute Gasteiger partial charge is 0.357 e. The SMILES string of the molecule is CC(C)CCOC(=O)c1csc(CN)n1. The standard InChI is InChI=1S/C10H16N2O2S/c1-7(2)3-4-14-10(13)8-6-15-9(5-11)12-8/h6-7H,3-5,11H2,1-2H3. The van der Waals surface area contributed by atoms with Gasteiger partial charge in [0.1, 0.15) is 5.01 Å². The molecule has 0 unspecified atom stereocenters. The first-order valence-corrected chi connectivity index (χ1v) is 5.83. The monoisotopic (exact) mass is 228 g/mol. The Bertz CT molecular complexity index is 323. The topological polar surface area (TPSA) is 65.2 Å². The Morgan fingerprint density at radius 1 is 1.67 bits per heavy atom. The second-order valence-electron chi connectivity index (χ2n) is 3.65. The molecule has 2 N–H and O–H groups in total. The highest BCUT2D eigenvalue weighted by atomic mass is 32.1.